The quantitative estimate of drug-likeness (QED) is 0.273. The normalized spacial score (nSPS) is 16.2. The number of ether oxygens (including phenoxy) is 1. The van der Waals surface area contributed by atoms with E-state index in [1.54, 1.807) is 18.3 Å². The van der Waals surface area contributed by atoms with Crippen LogP contribution >= 0.6 is 0 Å². The number of carbonyl (C=O) groups excluding carboxylic acids is 1. The molecular formula is C32H42N6O4S. The molecule has 2 aromatic carbocycles. The minimum atomic E-state index is -3.67. The average Bonchev–Trinajstić information content (AvgIpc) is 3.66. The summed E-state index contributed by atoms with van der Waals surface area (Å²) in [6.45, 7) is 13.3. The van der Waals surface area contributed by atoms with E-state index in [0.29, 0.717) is 31.9 Å². The van der Waals surface area contributed by atoms with Crippen molar-refractivity contribution in [1.82, 2.24) is 14.3 Å². The lowest BCUT2D eigenvalue weighted by molar-refractivity contribution is 0.0730. The molecule has 2 aliphatic rings. The monoisotopic (exact) mass is 606 g/mol. The molecule has 0 spiro atoms. The van der Waals surface area contributed by atoms with E-state index in [-0.39, 0.29) is 10.8 Å². The van der Waals surface area contributed by atoms with E-state index < -0.39 is 10.0 Å². The van der Waals surface area contributed by atoms with Crippen molar-refractivity contribution in [1.29, 1.82) is 0 Å². The van der Waals surface area contributed by atoms with Crippen LogP contribution in [0.5, 0.6) is 0 Å². The lowest BCUT2D eigenvalue weighted by atomic mass is 10.2. The molecule has 1 N–H and O–H groups in total. The van der Waals surface area contributed by atoms with Gasteiger partial charge in [-0.15, -0.1) is 0 Å². The summed E-state index contributed by atoms with van der Waals surface area (Å²) in [7, 11) is -3.67. The molecule has 0 bridgehead atoms. The average molecular weight is 607 g/mol. The lowest BCUT2D eigenvalue weighted by Gasteiger charge is -2.28. The van der Waals surface area contributed by atoms with Crippen LogP contribution in [0.4, 0.5) is 11.4 Å². The maximum atomic E-state index is 13.6. The Bertz CT molecular complexity index is 1570. The number of anilines is 2. The fourth-order valence-electron chi connectivity index (χ4n) is 5.93. The first kappa shape index (κ1) is 30.8. The Morgan fingerprint density at radius 2 is 1.63 bits per heavy atom. The largest absolute Gasteiger partial charge is 0.379 e. The zero-order valence-corrected chi connectivity index (χ0v) is 26.4. The van der Waals surface area contributed by atoms with E-state index in [9.17, 15) is 13.2 Å². The van der Waals surface area contributed by atoms with Crippen molar-refractivity contribution in [2.75, 3.05) is 62.3 Å². The van der Waals surface area contributed by atoms with Gasteiger partial charge in [0.1, 0.15) is 0 Å². The van der Waals surface area contributed by atoms with Crippen molar-refractivity contribution >= 4 is 33.5 Å². The van der Waals surface area contributed by atoms with Crippen molar-refractivity contribution in [2.45, 2.75) is 45.4 Å². The van der Waals surface area contributed by atoms with Gasteiger partial charge >= 0.3 is 0 Å². The Labute approximate surface area is 255 Å². The van der Waals surface area contributed by atoms with Crippen LogP contribution < -0.4 is 15.2 Å². The predicted octanol–water partition coefficient (Wildman–Crippen LogP) is 4.33. The fourth-order valence-corrected chi connectivity index (χ4v) is 7.36. The zero-order chi connectivity index (χ0) is 30.6. The minimum Gasteiger partial charge on any atom is -0.379 e. The van der Waals surface area contributed by atoms with Crippen LogP contribution in [0.25, 0.3) is 5.69 Å². The number of aryl methyl sites for hydroxylation is 1. The predicted molar refractivity (Wildman–Crippen MR) is 171 cm³/mol. The van der Waals surface area contributed by atoms with Gasteiger partial charge in [0.2, 0.25) is 10.0 Å². The van der Waals surface area contributed by atoms with Crippen LogP contribution in [0.15, 0.2) is 58.5 Å². The molecule has 2 saturated heterocycles. The van der Waals surface area contributed by atoms with E-state index in [2.05, 4.69) is 38.7 Å². The second-order valence-electron chi connectivity index (χ2n) is 10.9. The van der Waals surface area contributed by atoms with Crippen molar-refractivity contribution in [2.24, 2.45) is 5.10 Å². The van der Waals surface area contributed by atoms with Crippen molar-refractivity contribution in [3.05, 3.63) is 71.0 Å². The number of sulfonamides is 1. The molecule has 43 heavy (non-hydrogen) atoms. The molecule has 0 saturated carbocycles. The number of nitrogens with one attached hydrogen (secondary N) is 1. The zero-order valence-electron chi connectivity index (χ0n) is 25.5. The first-order chi connectivity index (χ1) is 20.7. The molecular weight excluding hydrogens is 564 g/mol. The van der Waals surface area contributed by atoms with Crippen LogP contribution in [-0.2, 0) is 14.8 Å². The van der Waals surface area contributed by atoms with E-state index in [1.165, 1.54) is 4.31 Å². The standard InChI is InChI=1S/C32H42N6O4S/c1-5-35(6-2)28-11-9-26(10-12-28)32(39)34-33-23-27-21-24(3)38(25(27)4)31-22-29(13-14-30(31)36-15-7-8-16-36)43(40,41)37-17-19-42-20-18-37/h9-14,21-23H,5-8,15-20H2,1-4H3,(H,34,39). The highest BCUT2D eigenvalue weighted by Gasteiger charge is 2.29. The summed E-state index contributed by atoms with van der Waals surface area (Å²) in [5.41, 5.74) is 8.77. The Hall–Kier alpha value is -3.67. The van der Waals surface area contributed by atoms with Crippen LogP contribution in [0.2, 0.25) is 0 Å². The number of benzene rings is 2. The van der Waals surface area contributed by atoms with Crippen molar-refractivity contribution in [3.63, 3.8) is 0 Å². The number of morpholine rings is 1. The molecule has 5 rings (SSSR count). The topological polar surface area (TPSA) is 99.5 Å². The SMILES string of the molecule is CCN(CC)c1ccc(C(=O)NN=Cc2cc(C)n(-c3cc(S(=O)(=O)N4CCOCC4)ccc3N3CCCC3)c2C)cc1. The maximum absolute atomic E-state index is 13.6. The third-order valence-electron chi connectivity index (χ3n) is 8.34. The molecule has 1 aromatic heterocycles. The van der Waals surface area contributed by atoms with Gasteiger partial charge in [-0.3, -0.25) is 4.79 Å². The Morgan fingerprint density at radius 1 is 0.953 bits per heavy atom. The molecule has 0 atom stereocenters. The third kappa shape index (κ3) is 6.48. The van der Waals surface area contributed by atoms with Gasteiger partial charge in [0.15, 0.2) is 0 Å². The highest BCUT2D eigenvalue weighted by molar-refractivity contribution is 7.89. The first-order valence-electron chi connectivity index (χ1n) is 15.1. The summed E-state index contributed by atoms with van der Waals surface area (Å²) in [6, 6.07) is 15.0. The fraction of sp³-hybridized carbons (Fsp3) is 0.438. The summed E-state index contributed by atoms with van der Waals surface area (Å²) in [5, 5.41) is 4.26. The highest BCUT2D eigenvalue weighted by atomic mass is 32.2. The number of amides is 1. The summed E-state index contributed by atoms with van der Waals surface area (Å²) in [4.78, 5) is 17.6. The maximum Gasteiger partial charge on any atom is 0.271 e. The van der Waals surface area contributed by atoms with Gasteiger partial charge in [0.25, 0.3) is 5.91 Å². The molecule has 11 heteroatoms. The van der Waals surface area contributed by atoms with Gasteiger partial charge in [0.05, 0.1) is 35.7 Å². The second kappa shape index (κ2) is 13.3. The number of hydrogen-bond donors (Lipinski definition) is 1. The molecule has 1 amide bonds. The summed E-state index contributed by atoms with van der Waals surface area (Å²) in [5.74, 6) is -0.284. The van der Waals surface area contributed by atoms with Crippen LogP contribution in [0.1, 0.15) is 54.0 Å². The molecule has 0 aliphatic carbocycles. The van der Waals surface area contributed by atoms with Crippen molar-refractivity contribution < 1.29 is 17.9 Å². The van der Waals surface area contributed by atoms with Gasteiger partial charge in [-0.25, -0.2) is 13.8 Å². The molecule has 230 valence electrons. The number of hydrazone groups is 1. The number of rotatable bonds is 10. The highest BCUT2D eigenvalue weighted by Crippen LogP contribution is 2.34. The summed E-state index contributed by atoms with van der Waals surface area (Å²) in [6.07, 6.45) is 3.85. The van der Waals surface area contributed by atoms with Gasteiger partial charge in [-0.1, -0.05) is 0 Å². The summed E-state index contributed by atoms with van der Waals surface area (Å²) < 4.78 is 36.1. The smallest absolute Gasteiger partial charge is 0.271 e. The van der Waals surface area contributed by atoms with E-state index in [0.717, 1.165) is 73.0 Å². The Balaban J connectivity index is 1.41. The van der Waals surface area contributed by atoms with Crippen molar-refractivity contribution in [3.8, 4) is 5.69 Å². The van der Waals surface area contributed by atoms with Gasteiger partial charge in [-0.05, 0) is 89.1 Å². The number of nitrogens with zero attached hydrogens (tertiary/aromatic N) is 5. The Kier molecular flexibility index (Phi) is 9.53. The van der Waals surface area contributed by atoms with Gasteiger partial charge in [0, 0.05) is 67.5 Å². The van der Waals surface area contributed by atoms with E-state index in [1.807, 2.05) is 50.2 Å². The van der Waals surface area contributed by atoms with Crippen LogP contribution in [0, 0.1) is 13.8 Å². The number of carbonyl (C=O) groups is 1. The molecule has 2 aliphatic heterocycles. The number of aromatic nitrogens is 1. The van der Waals surface area contributed by atoms with Crippen LogP contribution in [0.3, 0.4) is 0 Å². The lowest BCUT2D eigenvalue weighted by Crippen LogP contribution is -2.40. The molecule has 10 nitrogen and oxygen atoms in total. The number of hydrogen-bond acceptors (Lipinski definition) is 7. The third-order valence-corrected chi connectivity index (χ3v) is 10.2. The molecule has 3 heterocycles. The van der Waals surface area contributed by atoms with E-state index in [4.69, 9.17) is 4.74 Å². The summed E-state index contributed by atoms with van der Waals surface area (Å²) >= 11 is 0. The molecule has 0 radical (unpaired) electrons. The molecule has 3 aromatic rings. The Morgan fingerprint density at radius 3 is 2.28 bits per heavy atom. The van der Waals surface area contributed by atoms with E-state index >= 15 is 0 Å². The van der Waals surface area contributed by atoms with Gasteiger partial charge in [-0.2, -0.15) is 9.41 Å². The first-order valence-corrected chi connectivity index (χ1v) is 16.5. The molecule has 2 fully saturated rings. The van der Waals surface area contributed by atoms with Crippen LogP contribution in [-0.4, -0.2) is 81.9 Å². The minimum absolute atomic E-state index is 0.273. The van der Waals surface area contributed by atoms with Gasteiger partial charge < -0.3 is 19.1 Å². The second-order valence-corrected chi connectivity index (χ2v) is 12.9. The molecule has 0 unspecified atom stereocenters.